The Morgan fingerprint density at radius 3 is 2.44 bits per heavy atom. The monoisotopic (exact) mass is 513 g/mol. The van der Waals surface area contributed by atoms with E-state index in [1.807, 2.05) is 36.4 Å². The number of fused-ring (bicyclic) bond motifs is 1. The Kier molecular flexibility index (Phi) is 7.52. The molecule has 0 saturated carbocycles. The van der Waals surface area contributed by atoms with Crippen LogP contribution in [0.3, 0.4) is 0 Å². The van der Waals surface area contributed by atoms with Gasteiger partial charge in [0.05, 0.1) is 16.8 Å². The molecule has 6 nitrogen and oxygen atoms in total. The fourth-order valence-electron chi connectivity index (χ4n) is 3.60. The predicted molar refractivity (Wildman–Crippen MR) is 131 cm³/mol. The fraction of sp³-hybridized carbons (Fsp3) is 0.115. The number of halogens is 4. The van der Waals surface area contributed by atoms with Crippen molar-refractivity contribution in [3.63, 3.8) is 0 Å². The summed E-state index contributed by atoms with van der Waals surface area (Å²) in [4.78, 5) is 12.3. The van der Waals surface area contributed by atoms with Crippen LogP contribution in [0.15, 0.2) is 84.2 Å². The molecule has 36 heavy (non-hydrogen) atoms. The van der Waals surface area contributed by atoms with Crippen LogP contribution in [-0.2, 0) is 19.4 Å². The quantitative estimate of drug-likeness (QED) is 0.184. The average molecular weight is 514 g/mol. The zero-order valence-corrected chi connectivity index (χ0v) is 19.5. The predicted octanol–water partition coefficient (Wildman–Crippen LogP) is 5.02. The molecule has 3 aromatic carbocycles. The Bertz CT molecular complexity index is 1420. The first kappa shape index (κ1) is 25.2. The van der Waals surface area contributed by atoms with Crippen LogP contribution in [0, 0.1) is 0 Å². The SMILES string of the molecule is O=C(N/N=C/c1ccc(CNC[n+]2ccc(C(F)(F)F)cc2)c2ccccc12)c1ccc(O)c(Cl)c1. The van der Waals surface area contributed by atoms with E-state index in [0.717, 1.165) is 34.0 Å². The van der Waals surface area contributed by atoms with Gasteiger partial charge in [-0.1, -0.05) is 48.0 Å². The van der Waals surface area contributed by atoms with Crippen LogP contribution in [0.1, 0.15) is 27.0 Å². The number of phenols is 1. The maximum Gasteiger partial charge on any atom is 0.416 e. The van der Waals surface area contributed by atoms with Crippen LogP contribution in [0.2, 0.25) is 5.02 Å². The van der Waals surface area contributed by atoms with E-state index in [2.05, 4.69) is 15.8 Å². The molecule has 1 aromatic heterocycles. The molecule has 0 spiro atoms. The molecule has 1 amide bonds. The number of phenolic OH excluding ortho intramolecular Hbond substituents is 1. The van der Waals surface area contributed by atoms with Crippen LogP contribution in [0.5, 0.6) is 5.75 Å². The first-order valence-electron chi connectivity index (χ1n) is 10.8. The summed E-state index contributed by atoms with van der Waals surface area (Å²) in [6.45, 7) is 0.827. The van der Waals surface area contributed by atoms with Gasteiger partial charge in [0.2, 0.25) is 6.67 Å². The summed E-state index contributed by atoms with van der Waals surface area (Å²) in [5.41, 5.74) is 3.80. The van der Waals surface area contributed by atoms with Gasteiger partial charge in [0.1, 0.15) is 5.75 Å². The number of hydrazone groups is 1. The van der Waals surface area contributed by atoms with Gasteiger partial charge in [0.15, 0.2) is 12.4 Å². The van der Waals surface area contributed by atoms with Crippen LogP contribution in [0.4, 0.5) is 13.2 Å². The lowest BCUT2D eigenvalue weighted by atomic mass is 10.00. The smallest absolute Gasteiger partial charge is 0.416 e. The zero-order chi connectivity index (χ0) is 25.7. The molecule has 10 heteroatoms. The minimum atomic E-state index is -4.36. The molecular weight excluding hydrogens is 493 g/mol. The summed E-state index contributed by atoms with van der Waals surface area (Å²) in [6, 6.07) is 17.7. The fourth-order valence-corrected chi connectivity index (χ4v) is 3.78. The van der Waals surface area contributed by atoms with Crippen molar-refractivity contribution in [3.05, 3.63) is 106 Å². The van der Waals surface area contributed by atoms with E-state index < -0.39 is 17.6 Å². The third-order valence-corrected chi connectivity index (χ3v) is 5.76. The standard InChI is InChI=1S/C26H20ClF3N4O2/c27-23-13-17(7-8-24(23)35)25(36)33-32-15-19-6-5-18(21-3-1-2-4-22(19)21)14-31-16-34-11-9-20(10-12-34)26(28,29)30/h1-13,15,31H,14,16H2,(H-,33,35,36)/p+1/b32-15+. The third-order valence-electron chi connectivity index (χ3n) is 5.46. The van der Waals surface area contributed by atoms with Gasteiger partial charge in [0, 0.05) is 29.8 Å². The maximum absolute atomic E-state index is 12.7. The molecule has 184 valence electrons. The van der Waals surface area contributed by atoms with Crippen molar-refractivity contribution in [1.82, 2.24) is 10.7 Å². The van der Waals surface area contributed by atoms with Gasteiger partial charge >= 0.3 is 6.18 Å². The molecule has 3 N–H and O–H groups in total. The summed E-state index contributed by atoms with van der Waals surface area (Å²) in [7, 11) is 0. The van der Waals surface area contributed by atoms with Crippen molar-refractivity contribution in [2.75, 3.05) is 0 Å². The lowest BCUT2D eigenvalue weighted by molar-refractivity contribution is -0.702. The summed E-state index contributed by atoms with van der Waals surface area (Å²) in [5, 5.41) is 18.7. The number of rotatable bonds is 7. The van der Waals surface area contributed by atoms with Crippen LogP contribution in [-0.4, -0.2) is 17.2 Å². The van der Waals surface area contributed by atoms with E-state index in [1.165, 1.54) is 36.8 Å². The maximum atomic E-state index is 12.7. The van der Waals surface area contributed by atoms with Crippen molar-refractivity contribution >= 4 is 34.5 Å². The molecule has 0 atom stereocenters. The third kappa shape index (κ3) is 5.99. The number of alkyl halides is 3. The number of pyridine rings is 1. The van der Waals surface area contributed by atoms with Gasteiger partial charge in [-0.25, -0.2) is 5.43 Å². The molecule has 1 heterocycles. The topological polar surface area (TPSA) is 77.6 Å². The van der Waals surface area contributed by atoms with Crippen molar-refractivity contribution in [3.8, 4) is 5.75 Å². The number of hydrogen-bond donors (Lipinski definition) is 3. The number of carbonyl (C=O) groups excluding carboxylic acids is 1. The Hall–Kier alpha value is -3.95. The molecular formula is C26H21ClF3N4O2+. The van der Waals surface area contributed by atoms with Gasteiger partial charge in [-0.2, -0.15) is 22.8 Å². The Balaban J connectivity index is 1.43. The average Bonchev–Trinajstić information content (AvgIpc) is 2.86. The number of aromatic nitrogens is 1. The highest BCUT2D eigenvalue weighted by molar-refractivity contribution is 6.32. The number of aromatic hydroxyl groups is 1. The van der Waals surface area contributed by atoms with Crippen LogP contribution in [0.25, 0.3) is 10.8 Å². The molecule has 4 rings (SSSR count). The van der Waals surface area contributed by atoms with E-state index in [1.54, 1.807) is 4.57 Å². The second kappa shape index (κ2) is 10.8. The second-order valence-electron chi connectivity index (χ2n) is 7.91. The number of amides is 1. The van der Waals surface area contributed by atoms with E-state index in [4.69, 9.17) is 11.6 Å². The number of carbonyl (C=O) groups is 1. The molecule has 0 fully saturated rings. The number of hydrogen-bond acceptors (Lipinski definition) is 4. The Labute approximate surface area is 209 Å². The summed E-state index contributed by atoms with van der Waals surface area (Å²) < 4.78 is 39.8. The molecule has 0 radical (unpaired) electrons. The molecule has 0 aliphatic rings. The highest BCUT2D eigenvalue weighted by atomic mass is 35.5. The normalized spacial score (nSPS) is 11.8. The minimum Gasteiger partial charge on any atom is -0.506 e. The van der Waals surface area contributed by atoms with Crippen molar-refractivity contribution < 1.29 is 27.6 Å². The number of nitrogens with one attached hydrogen (secondary N) is 2. The van der Waals surface area contributed by atoms with E-state index >= 15 is 0 Å². The number of benzene rings is 3. The van der Waals surface area contributed by atoms with Gasteiger partial charge in [-0.15, -0.1) is 0 Å². The lowest BCUT2D eigenvalue weighted by Crippen LogP contribution is -2.40. The molecule has 0 aliphatic heterocycles. The highest BCUT2D eigenvalue weighted by Gasteiger charge is 2.31. The highest BCUT2D eigenvalue weighted by Crippen LogP contribution is 2.28. The van der Waals surface area contributed by atoms with Crippen molar-refractivity contribution in [2.45, 2.75) is 19.4 Å². The Morgan fingerprint density at radius 1 is 1.03 bits per heavy atom. The van der Waals surface area contributed by atoms with Gasteiger partial charge < -0.3 is 5.11 Å². The second-order valence-corrected chi connectivity index (χ2v) is 8.32. The molecule has 0 aliphatic carbocycles. The first-order chi connectivity index (χ1) is 17.2. The van der Waals surface area contributed by atoms with Gasteiger partial charge in [0.25, 0.3) is 5.91 Å². The molecule has 4 aromatic rings. The minimum absolute atomic E-state index is 0.0681. The zero-order valence-electron chi connectivity index (χ0n) is 18.8. The van der Waals surface area contributed by atoms with Gasteiger partial charge in [-0.05, 0) is 34.5 Å². The van der Waals surface area contributed by atoms with Crippen molar-refractivity contribution in [2.24, 2.45) is 5.10 Å². The lowest BCUT2D eigenvalue weighted by Gasteiger charge is -2.10. The molecule has 0 unspecified atom stereocenters. The molecule has 0 bridgehead atoms. The van der Waals surface area contributed by atoms with Crippen LogP contribution < -0.4 is 15.3 Å². The van der Waals surface area contributed by atoms with Crippen LogP contribution >= 0.6 is 11.6 Å². The number of nitrogens with zero attached hydrogens (tertiary/aromatic N) is 2. The van der Waals surface area contributed by atoms with Crippen molar-refractivity contribution in [1.29, 1.82) is 0 Å². The van der Waals surface area contributed by atoms with E-state index in [-0.39, 0.29) is 16.3 Å². The Morgan fingerprint density at radius 2 is 1.75 bits per heavy atom. The van der Waals surface area contributed by atoms with Gasteiger partial charge in [-0.3, -0.25) is 10.1 Å². The van der Waals surface area contributed by atoms with E-state index in [9.17, 15) is 23.1 Å². The summed E-state index contributed by atoms with van der Waals surface area (Å²) in [5.74, 6) is -0.588. The first-order valence-corrected chi connectivity index (χ1v) is 11.2. The summed E-state index contributed by atoms with van der Waals surface area (Å²) in [6.07, 6.45) is -0.0577. The molecule has 0 saturated heterocycles. The largest absolute Gasteiger partial charge is 0.506 e. The van der Waals surface area contributed by atoms with E-state index in [0.29, 0.717) is 13.2 Å². The summed E-state index contributed by atoms with van der Waals surface area (Å²) >= 11 is 5.85.